The molecule has 3 rings (SSSR count). The number of benzene rings is 2. The summed E-state index contributed by atoms with van der Waals surface area (Å²) >= 11 is 0. The summed E-state index contributed by atoms with van der Waals surface area (Å²) in [6.07, 6.45) is 1.32. The van der Waals surface area contributed by atoms with Crippen molar-refractivity contribution >= 4 is 17.5 Å². The molecule has 0 saturated carbocycles. The molecule has 0 unspecified atom stereocenters. The highest BCUT2D eigenvalue weighted by Crippen LogP contribution is 2.19. The third kappa shape index (κ3) is 3.56. The molecular formula is C18H17FN2O2. The van der Waals surface area contributed by atoms with Crippen molar-refractivity contribution in [2.75, 3.05) is 11.9 Å². The monoisotopic (exact) mass is 312 g/mol. The van der Waals surface area contributed by atoms with Gasteiger partial charge in [-0.3, -0.25) is 9.59 Å². The molecule has 1 aliphatic rings. The van der Waals surface area contributed by atoms with Crippen LogP contribution >= 0.6 is 0 Å². The maximum Gasteiger partial charge on any atom is 0.251 e. The number of nitrogens with one attached hydrogen (secondary N) is 2. The highest BCUT2D eigenvalue weighted by atomic mass is 19.1. The quantitative estimate of drug-likeness (QED) is 0.912. The zero-order chi connectivity index (χ0) is 16.2. The summed E-state index contributed by atoms with van der Waals surface area (Å²) in [5.41, 5.74) is 2.69. The van der Waals surface area contributed by atoms with E-state index in [0.717, 1.165) is 12.0 Å². The van der Waals surface area contributed by atoms with E-state index in [1.165, 1.54) is 6.07 Å². The Morgan fingerprint density at radius 1 is 1.22 bits per heavy atom. The molecule has 118 valence electrons. The second-order valence-electron chi connectivity index (χ2n) is 5.52. The molecule has 0 fully saturated rings. The average molecular weight is 312 g/mol. The van der Waals surface area contributed by atoms with Crippen LogP contribution in [0.2, 0.25) is 0 Å². The Morgan fingerprint density at radius 3 is 2.87 bits per heavy atom. The second-order valence-corrected chi connectivity index (χ2v) is 5.52. The lowest BCUT2D eigenvalue weighted by molar-refractivity contribution is -0.116. The summed E-state index contributed by atoms with van der Waals surface area (Å²) in [4.78, 5) is 23.8. The fraction of sp³-hybridized carbons (Fsp3) is 0.222. The maximum atomic E-state index is 13.5. The minimum Gasteiger partial charge on any atom is -0.352 e. The van der Waals surface area contributed by atoms with E-state index in [9.17, 15) is 14.0 Å². The average Bonchev–Trinajstić information content (AvgIpc) is 2.55. The van der Waals surface area contributed by atoms with Crippen LogP contribution in [-0.4, -0.2) is 18.4 Å². The largest absolute Gasteiger partial charge is 0.352 e. The van der Waals surface area contributed by atoms with Crippen molar-refractivity contribution in [3.05, 3.63) is 65.0 Å². The van der Waals surface area contributed by atoms with Crippen LogP contribution in [0.1, 0.15) is 27.9 Å². The summed E-state index contributed by atoms with van der Waals surface area (Å²) < 4.78 is 13.5. The molecular weight excluding hydrogens is 295 g/mol. The van der Waals surface area contributed by atoms with Crippen molar-refractivity contribution in [3.63, 3.8) is 0 Å². The van der Waals surface area contributed by atoms with Gasteiger partial charge in [0.05, 0.1) is 0 Å². The van der Waals surface area contributed by atoms with E-state index in [4.69, 9.17) is 0 Å². The molecule has 4 nitrogen and oxygen atoms in total. The number of aryl methyl sites for hydroxylation is 1. The lowest BCUT2D eigenvalue weighted by atomic mass is 10.00. The standard InChI is InChI=1S/C18H17FN2O2/c19-16-4-2-1-3-13(16)6-8-17(22)21-14-7-5-12-9-10-20-18(23)15(12)11-14/h1-5,7,11H,6,8-10H2,(H,20,23)(H,21,22). The topological polar surface area (TPSA) is 58.2 Å². The first-order valence-corrected chi connectivity index (χ1v) is 7.58. The minimum atomic E-state index is -0.300. The van der Waals surface area contributed by atoms with Crippen molar-refractivity contribution in [2.24, 2.45) is 0 Å². The molecule has 2 aromatic carbocycles. The number of hydrogen-bond acceptors (Lipinski definition) is 2. The number of carbonyl (C=O) groups excluding carboxylic acids is 2. The maximum absolute atomic E-state index is 13.5. The first-order chi connectivity index (χ1) is 11.1. The minimum absolute atomic E-state index is 0.117. The molecule has 2 amide bonds. The summed E-state index contributed by atoms with van der Waals surface area (Å²) in [5, 5.41) is 5.54. The Morgan fingerprint density at radius 2 is 2.04 bits per heavy atom. The SMILES string of the molecule is O=C(CCc1ccccc1F)Nc1ccc2c(c1)C(=O)NCC2. The van der Waals surface area contributed by atoms with E-state index in [-0.39, 0.29) is 24.1 Å². The van der Waals surface area contributed by atoms with Crippen LogP contribution in [0.15, 0.2) is 42.5 Å². The van der Waals surface area contributed by atoms with Crippen molar-refractivity contribution in [1.82, 2.24) is 5.32 Å². The lowest BCUT2D eigenvalue weighted by Gasteiger charge is -2.17. The smallest absolute Gasteiger partial charge is 0.251 e. The van der Waals surface area contributed by atoms with Crippen molar-refractivity contribution < 1.29 is 14.0 Å². The molecule has 2 aromatic rings. The number of carbonyl (C=O) groups is 2. The van der Waals surface area contributed by atoms with Crippen molar-refractivity contribution in [3.8, 4) is 0 Å². The van der Waals surface area contributed by atoms with E-state index in [1.807, 2.05) is 6.07 Å². The zero-order valence-electron chi connectivity index (χ0n) is 12.6. The summed E-state index contributed by atoms with van der Waals surface area (Å²) in [6, 6.07) is 11.8. The van der Waals surface area contributed by atoms with E-state index in [0.29, 0.717) is 29.8 Å². The number of halogens is 1. The van der Waals surface area contributed by atoms with Gasteiger partial charge in [-0.2, -0.15) is 0 Å². The second kappa shape index (κ2) is 6.60. The summed E-state index contributed by atoms with van der Waals surface area (Å²) in [7, 11) is 0. The fourth-order valence-corrected chi connectivity index (χ4v) is 2.66. The molecule has 1 aliphatic heterocycles. The molecule has 1 heterocycles. The van der Waals surface area contributed by atoms with Gasteiger partial charge in [0, 0.05) is 24.2 Å². The number of amides is 2. The molecule has 0 aromatic heterocycles. The number of hydrogen-bond donors (Lipinski definition) is 2. The molecule has 0 spiro atoms. The molecule has 0 radical (unpaired) electrons. The van der Waals surface area contributed by atoms with E-state index >= 15 is 0 Å². The van der Waals surface area contributed by atoms with Gasteiger partial charge in [0.15, 0.2) is 0 Å². The van der Waals surface area contributed by atoms with Crippen LogP contribution in [0.25, 0.3) is 0 Å². The molecule has 2 N–H and O–H groups in total. The van der Waals surface area contributed by atoms with E-state index in [2.05, 4.69) is 10.6 Å². The number of fused-ring (bicyclic) bond motifs is 1. The van der Waals surface area contributed by atoms with Gasteiger partial charge < -0.3 is 10.6 Å². The Hall–Kier alpha value is -2.69. The van der Waals surface area contributed by atoms with Gasteiger partial charge in [-0.15, -0.1) is 0 Å². The first-order valence-electron chi connectivity index (χ1n) is 7.58. The van der Waals surface area contributed by atoms with Crippen molar-refractivity contribution in [2.45, 2.75) is 19.3 Å². The van der Waals surface area contributed by atoms with Gasteiger partial charge in [0.1, 0.15) is 5.82 Å². The molecule has 0 bridgehead atoms. The van der Waals surface area contributed by atoms with Gasteiger partial charge >= 0.3 is 0 Å². The van der Waals surface area contributed by atoms with Crippen molar-refractivity contribution in [1.29, 1.82) is 0 Å². The third-order valence-corrected chi connectivity index (χ3v) is 3.90. The molecule has 5 heteroatoms. The summed E-state index contributed by atoms with van der Waals surface area (Å²) in [6.45, 7) is 0.639. The zero-order valence-corrected chi connectivity index (χ0v) is 12.6. The summed E-state index contributed by atoms with van der Waals surface area (Å²) in [5.74, 6) is -0.621. The fourth-order valence-electron chi connectivity index (χ4n) is 2.66. The van der Waals surface area contributed by atoms with Crippen LogP contribution in [0.5, 0.6) is 0 Å². The molecule has 0 aliphatic carbocycles. The van der Waals surface area contributed by atoms with Gasteiger partial charge in [0.2, 0.25) is 5.91 Å². The molecule has 0 saturated heterocycles. The lowest BCUT2D eigenvalue weighted by Crippen LogP contribution is -2.31. The van der Waals surface area contributed by atoms with Gasteiger partial charge in [-0.05, 0) is 42.2 Å². The Bertz CT molecular complexity index is 758. The normalized spacial score (nSPS) is 13.2. The van der Waals surface area contributed by atoms with E-state index < -0.39 is 0 Å². The number of anilines is 1. The van der Waals surface area contributed by atoms with Crippen LogP contribution in [0.3, 0.4) is 0 Å². The Kier molecular flexibility index (Phi) is 4.37. The van der Waals surface area contributed by atoms with Gasteiger partial charge in [0.25, 0.3) is 5.91 Å². The van der Waals surface area contributed by atoms with Gasteiger partial charge in [-0.1, -0.05) is 24.3 Å². The van der Waals surface area contributed by atoms with E-state index in [1.54, 1.807) is 30.3 Å². The van der Waals surface area contributed by atoms with Crippen LogP contribution in [-0.2, 0) is 17.6 Å². The van der Waals surface area contributed by atoms with Crippen LogP contribution in [0.4, 0.5) is 10.1 Å². The predicted molar refractivity (Wildman–Crippen MR) is 85.8 cm³/mol. The van der Waals surface area contributed by atoms with Crippen LogP contribution in [0, 0.1) is 5.82 Å². The molecule has 23 heavy (non-hydrogen) atoms. The van der Waals surface area contributed by atoms with Crippen LogP contribution < -0.4 is 10.6 Å². The Labute approximate surface area is 133 Å². The highest BCUT2D eigenvalue weighted by Gasteiger charge is 2.17. The highest BCUT2D eigenvalue weighted by molar-refractivity contribution is 5.99. The molecule has 0 atom stereocenters. The number of rotatable bonds is 4. The predicted octanol–water partition coefficient (Wildman–Crippen LogP) is 2.68. The Balaban J connectivity index is 1.63. The third-order valence-electron chi connectivity index (χ3n) is 3.90. The van der Waals surface area contributed by atoms with Gasteiger partial charge in [-0.25, -0.2) is 4.39 Å². The first kappa shape index (κ1) is 15.2.